The molecule has 194 valence electrons. The number of esters is 1. The lowest BCUT2D eigenvalue weighted by Gasteiger charge is -2.27. The monoisotopic (exact) mass is 506 g/mol. The van der Waals surface area contributed by atoms with Gasteiger partial charge in [0.1, 0.15) is 17.4 Å². The number of nitriles is 1. The summed E-state index contributed by atoms with van der Waals surface area (Å²) in [6.45, 7) is 9.26. The molecule has 3 heterocycles. The number of carbonyl (C=O) groups is 1. The fourth-order valence-corrected chi connectivity index (χ4v) is 4.09. The van der Waals surface area contributed by atoms with Gasteiger partial charge in [0.05, 0.1) is 42.0 Å². The number of hydrogen-bond acceptors (Lipinski definition) is 9. The summed E-state index contributed by atoms with van der Waals surface area (Å²) in [6.07, 6.45) is 6.97. The lowest BCUT2D eigenvalue weighted by atomic mass is 9.94. The van der Waals surface area contributed by atoms with Crippen molar-refractivity contribution in [2.45, 2.75) is 65.5 Å². The van der Waals surface area contributed by atoms with E-state index in [2.05, 4.69) is 30.8 Å². The van der Waals surface area contributed by atoms with Crippen molar-refractivity contribution in [3.63, 3.8) is 0 Å². The summed E-state index contributed by atoms with van der Waals surface area (Å²) in [5, 5.41) is 24.3. The van der Waals surface area contributed by atoms with Crippen LogP contribution < -0.4 is 10.6 Å². The molecule has 1 aliphatic rings. The van der Waals surface area contributed by atoms with E-state index in [-0.39, 0.29) is 41.5 Å². The quantitative estimate of drug-likeness (QED) is 0.397. The molecule has 11 heteroatoms. The fourth-order valence-electron chi connectivity index (χ4n) is 4.09. The molecule has 0 spiro atoms. The molecular weight excluding hydrogens is 475 g/mol. The van der Waals surface area contributed by atoms with Crippen LogP contribution in [0, 0.1) is 35.9 Å². The Bertz CT molecular complexity index is 1320. The predicted molar refractivity (Wildman–Crippen MR) is 136 cm³/mol. The Hall–Kier alpha value is -4.07. The van der Waals surface area contributed by atoms with Gasteiger partial charge in [0.15, 0.2) is 17.5 Å². The lowest BCUT2D eigenvalue weighted by Crippen LogP contribution is -2.34. The molecule has 0 radical (unpaired) electrons. The Morgan fingerprint density at radius 1 is 1.27 bits per heavy atom. The summed E-state index contributed by atoms with van der Waals surface area (Å²) in [4.78, 5) is 22.5. The lowest BCUT2D eigenvalue weighted by molar-refractivity contribution is -0.156. The number of anilines is 3. The van der Waals surface area contributed by atoms with Crippen LogP contribution in [0.2, 0.25) is 0 Å². The van der Waals surface area contributed by atoms with E-state index in [1.54, 1.807) is 24.7 Å². The zero-order chi connectivity index (χ0) is 26.7. The zero-order valence-corrected chi connectivity index (χ0v) is 21.6. The minimum Gasteiger partial charge on any atom is -0.460 e. The largest absolute Gasteiger partial charge is 0.460 e. The summed E-state index contributed by atoms with van der Waals surface area (Å²) in [5.74, 6) is -0.539. The van der Waals surface area contributed by atoms with Gasteiger partial charge in [0, 0.05) is 6.04 Å². The molecule has 10 nitrogen and oxygen atoms in total. The van der Waals surface area contributed by atoms with E-state index >= 15 is 4.39 Å². The predicted octanol–water partition coefficient (Wildman–Crippen LogP) is 4.68. The van der Waals surface area contributed by atoms with Crippen LogP contribution in [0.25, 0.3) is 5.69 Å². The van der Waals surface area contributed by atoms with E-state index in [4.69, 9.17) is 4.74 Å². The van der Waals surface area contributed by atoms with Gasteiger partial charge in [-0.05, 0) is 64.5 Å². The maximum atomic E-state index is 15.0. The summed E-state index contributed by atoms with van der Waals surface area (Å²) < 4.78 is 20.5. The minimum absolute atomic E-state index is 0.0166. The Labute approximate surface area is 215 Å². The second-order valence-corrected chi connectivity index (χ2v) is 10.4. The van der Waals surface area contributed by atoms with Crippen LogP contribution >= 0.6 is 0 Å². The third-order valence-electron chi connectivity index (χ3n) is 5.88. The van der Waals surface area contributed by atoms with Crippen LogP contribution in [0.4, 0.5) is 21.7 Å². The van der Waals surface area contributed by atoms with E-state index in [9.17, 15) is 10.1 Å². The Balaban J connectivity index is 1.55. The number of ether oxygens (including phenoxy) is 1. The highest BCUT2D eigenvalue weighted by molar-refractivity contribution is 5.70. The average molecular weight is 507 g/mol. The van der Waals surface area contributed by atoms with Crippen LogP contribution in [0.1, 0.15) is 58.2 Å². The van der Waals surface area contributed by atoms with Crippen molar-refractivity contribution in [2.75, 3.05) is 10.6 Å². The first-order valence-corrected chi connectivity index (χ1v) is 12.2. The van der Waals surface area contributed by atoms with Crippen LogP contribution in [0.5, 0.6) is 0 Å². The van der Waals surface area contributed by atoms with Crippen molar-refractivity contribution in [3.8, 4) is 11.8 Å². The van der Waals surface area contributed by atoms with E-state index in [0.717, 1.165) is 24.6 Å². The van der Waals surface area contributed by atoms with Gasteiger partial charge in [0.2, 0.25) is 0 Å². The summed E-state index contributed by atoms with van der Waals surface area (Å²) in [7, 11) is 0. The third kappa shape index (κ3) is 6.78. The number of halogens is 1. The van der Waals surface area contributed by atoms with Gasteiger partial charge >= 0.3 is 5.97 Å². The number of hydrogen-bond donors (Lipinski definition) is 2. The molecule has 0 aromatic carbocycles. The van der Waals surface area contributed by atoms with Gasteiger partial charge in [-0.2, -0.15) is 15.5 Å². The minimum atomic E-state index is -0.639. The first-order valence-electron chi connectivity index (χ1n) is 12.2. The van der Waals surface area contributed by atoms with E-state index in [1.165, 1.54) is 4.80 Å². The summed E-state index contributed by atoms with van der Waals surface area (Å²) >= 11 is 0. The maximum Gasteiger partial charge on any atom is 0.306 e. The van der Waals surface area contributed by atoms with Gasteiger partial charge in [-0.15, -0.1) is 4.80 Å². The molecule has 4 rings (SSSR count). The van der Waals surface area contributed by atoms with Crippen LogP contribution in [-0.4, -0.2) is 42.6 Å². The molecule has 2 N–H and O–H groups in total. The van der Waals surface area contributed by atoms with Crippen molar-refractivity contribution in [3.05, 3.63) is 47.8 Å². The number of rotatable bonds is 9. The van der Waals surface area contributed by atoms with E-state index in [0.29, 0.717) is 17.3 Å². The molecule has 0 unspecified atom stereocenters. The molecule has 0 saturated heterocycles. The van der Waals surface area contributed by atoms with Gasteiger partial charge < -0.3 is 15.4 Å². The topological polar surface area (TPSA) is 131 Å². The molecule has 0 bridgehead atoms. The fraction of sp³-hybridized carbons (Fsp3) is 0.462. The van der Waals surface area contributed by atoms with Crippen LogP contribution in [0.3, 0.4) is 0 Å². The maximum absolute atomic E-state index is 15.0. The van der Waals surface area contributed by atoms with E-state index in [1.807, 2.05) is 40.7 Å². The molecule has 2 atom stereocenters. The Kier molecular flexibility index (Phi) is 7.38. The molecule has 1 saturated carbocycles. The van der Waals surface area contributed by atoms with Crippen LogP contribution in [-0.2, 0) is 9.53 Å². The van der Waals surface area contributed by atoms with Crippen molar-refractivity contribution in [2.24, 2.45) is 11.8 Å². The molecular formula is C26H31FN8O2. The average Bonchev–Trinajstić information content (AvgIpc) is 3.56. The molecule has 3 aromatic heterocycles. The number of carbonyl (C=O) groups excluding carboxylic acids is 1. The van der Waals surface area contributed by atoms with Gasteiger partial charge in [-0.25, -0.2) is 9.37 Å². The van der Waals surface area contributed by atoms with E-state index < -0.39 is 11.4 Å². The third-order valence-corrected chi connectivity index (χ3v) is 5.88. The van der Waals surface area contributed by atoms with Crippen molar-refractivity contribution in [1.29, 1.82) is 5.26 Å². The second-order valence-electron chi connectivity index (χ2n) is 10.4. The first kappa shape index (κ1) is 26.0. The molecule has 1 aliphatic carbocycles. The highest BCUT2D eigenvalue weighted by atomic mass is 19.1. The number of nitrogens with zero attached hydrogens (tertiary/aromatic N) is 6. The Morgan fingerprint density at radius 3 is 2.65 bits per heavy atom. The number of nitrogens with one attached hydrogen (secondary N) is 2. The Morgan fingerprint density at radius 2 is 2.03 bits per heavy atom. The summed E-state index contributed by atoms with van der Waals surface area (Å²) in [6, 6.07) is 4.72. The van der Waals surface area contributed by atoms with Gasteiger partial charge in [-0.3, -0.25) is 9.78 Å². The normalized spacial score (nSPS) is 14.9. The van der Waals surface area contributed by atoms with Crippen molar-refractivity contribution < 1.29 is 13.9 Å². The highest BCUT2D eigenvalue weighted by Crippen LogP contribution is 2.39. The molecule has 3 aromatic rings. The van der Waals surface area contributed by atoms with Crippen molar-refractivity contribution >= 4 is 23.3 Å². The molecule has 37 heavy (non-hydrogen) atoms. The number of pyridine rings is 2. The second kappa shape index (κ2) is 10.5. The molecule has 0 amide bonds. The molecule has 0 aliphatic heterocycles. The standard InChI is InChI=1S/C26H31FN8O2/c1-15(8-22(36)37-26(3,4)5)23(17-6-7-17)32-25-21(27)9-18(11-28)24(33-25)31-19-10-20(14-29-13-19)35-30-12-16(2)34-35/h9-10,12-15,17,23H,6-8H2,1-5H3,(H2,31,32,33)/t15-,23+/m1/s1. The molecule has 1 fully saturated rings. The zero-order valence-electron chi connectivity index (χ0n) is 21.6. The van der Waals surface area contributed by atoms with Gasteiger partial charge in [-0.1, -0.05) is 6.92 Å². The first-order chi connectivity index (χ1) is 17.5. The van der Waals surface area contributed by atoms with Crippen molar-refractivity contribution in [1.82, 2.24) is 25.0 Å². The number of aryl methyl sites for hydroxylation is 1. The number of aromatic nitrogens is 5. The summed E-state index contributed by atoms with van der Waals surface area (Å²) in [5.41, 5.74) is 1.38. The van der Waals surface area contributed by atoms with Gasteiger partial charge in [0.25, 0.3) is 0 Å². The van der Waals surface area contributed by atoms with Crippen LogP contribution in [0.15, 0.2) is 30.7 Å². The SMILES string of the molecule is Cc1cnn(-c2cncc(Nc3nc(N[C@H](C4CC4)[C@H](C)CC(=O)OC(C)(C)C)c(F)cc3C#N)c2)n1. The highest BCUT2D eigenvalue weighted by Gasteiger charge is 2.37. The smallest absolute Gasteiger partial charge is 0.306 e.